The van der Waals surface area contributed by atoms with Crippen LogP contribution in [0.1, 0.15) is 18.4 Å². The summed E-state index contributed by atoms with van der Waals surface area (Å²) in [6.07, 6.45) is 5.77. The Hall–Kier alpha value is -2.23. The summed E-state index contributed by atoms with van der Waals surface area (Å²) in [5.74, 6) is 1.75. The van der Waals surface area contributed by atoms with Gasteiger partial charge < -0.3 is 15.0 Å². The van der Waals surface area contributed by atoms with Crippen molar-refractivity contribution in [1.82, 2.24) is 10.2 Å². The van der Waals surface area contributed by atoms with Gasteiger partial charge in [-0.05, 0) is 18.9 Å². The Labute approximate surface area is 134 Å². The minimum Gasteiger partial charge on any atom is -0.489 e. The molecule has 1 rings (SSSR count). The van der Waals surface area contributed by atoms with Gasteiger partial charge in [-0.2, -0.15) is 0 Å². The lowest BCUT2D eigenvalue weighted by atomic mass is 10.2. The van der Waals surface area contributed by atoms with Crippen molar-refractivity contribution in [2.75, 3.05) is 27.2 Å². The fourth-order valence-corrected chi connectivity index (χ4v) is 2.08. The molecule has 0 aliphatic rings. The van der Waals surface area contributed by atoms with E-state index in [0.29, 0.717) is 13.2 Å². The number of nitrogens with zero attached hydrogens (tertiary/aromatic N) is 2. The van der Waals surface area contributed by atoms with E-state index in [9.17, 15) is 0 Å². The Balaban J connectivity index is 2.59. The molecule has 0 aliphatic carbocycles. The highest BCUT2D eigenvalue weighted by molar-refractivity contribution is 5.79. The predicted molar refractivity (Wildman–Crippen MR) is 94.4 cm³/mol. The molecule has 22 heavy (non-hydrogen) atoms. The molecule has 0 spiro atoms. The maximum atomic E-state index is 5.67. The van der Waals surface area contributed by atoms with Gasteiger partial charge in [0.15, 0.2) is 5.96 Å². The van der Waals surface area contributed by atoms with Crippen LogP contribution in [0.3, 0.4) is 0 Å². The summed E-state index contributed by atoms with van der Waals surface area (Å²) < 4.78 is 5.67. The Morgan fingerprint density at radius 3 is 2.77 bits per heavy atom. The number of aliphatic imine (C=N–C) groups is 1. The molecule has 0 fully saturated rings. The average Bonchev–Trinajstić information content (AvgIpc) is 2.54. The molecule has 0 saturated carbocycles. The second kappa shape index (κ2) is 10.5. The predicted octanol–water partition coefficient (Wildman–Crippen LogP) is 3.22. The Bertz CT molecular complexity index is 497. The average molecular weight is 301 g/mol. The quantitative estimate of drug-likeness (QED) is 0.329. The molecule has 0 aliphatic heterocycles. The standard InChI is InChI=1S/C18H27N3O/c1-5-7-10-13-21(4)18(19-3)20-15-16-11-8-9-12-17(16)22-14-6-2/h5-6,8-9,11-12H,1-2,7,10,13-15H2,3-4H3,(H,19,20). The number of hydrogen-bond acceptors (Lipinski definition) is 2. The minimum absolute atomic E-state index is 0.507. The van der Waals surface area contributed by atoms with E-state index < -0.39 is 0 Å². The zero-order valence-corrected chi connectivity index (χ0v) is 13.7. The van der Waals surface area contributed by atoms with E-state index >= 15 is 0 Å². The monoisotopic (exact) mass is 301 g/mol. The maximum absolute atomic E-state index is 5.67. The van der Waals surface area contributed by atoms with Crippen LogP contribution in [0.5, 0.6) is 5.75 Å². The topological polar surface area (TPSA) is 36.9 Å². The molecule has 0 bridgehead atoms. The van der Waals surface area contributed by atoms with Gasteiger partial charge in [-0.25, -0.2) is 0 Å². The summed E-state index contributed by atoms with van der Waals surface area (Å²) in [5, 5.41) is 3.37. The smallest absolute Gasteiger partial charge is 0.193 e. The lowest BCUT2D eigenvalue weighted by molar-refractivity contribution is 0.358. The fraction of sp³-hybridized carbons (Fsp3) is 0.389. The van der Waals surface area contributed by atoms with Gasteiger partial charge in [0.2, 0.25) is 0 Å². The van der Waals surface area contributed by atoms with Crippen molar-refractivity contribution < 1.29 is 4.74 Å². The summed E-state index contributed by atoms with van der Waals surface area (Å²) in [7, 11) is 3.84. The van der Waals surface area contributed by atoms with Crippen molar-refractivity contribution in [1.29, 1.82) is 0 Å². The highest BCUT2D eigenvalue weighted by Gasteiger charge is 2.07. The Kier molecular flexibility index (Phi) is 8.50. The molecule has 0 saturated heterocycles. The lowest BCUT2D eigenvalue weighted by Crippen LogP contribution is -2.39. The van der Waals surface area contributed by atoms with E-state index in [1.165, 1.54) is 0 Å². The van der Waals surface area contributed by atoms with Crippen molar-refractivity contribution in [3.8, 4) is 5.75 Å². The van der Waals surface area contributed by atoms with Crippen molar-refractivity contribution in [2.45, 2.75) is 19.4 Å². The molecule has 0 amide bonds. The fourth-order valence-electron chi connectivity index (χ4n) is 2.08. The number of rotatable bonds is 9. The molecule has 0 atom stereocenters. The number of unbranched alkanes of at least 4 members (excludes halogenated alkanes) is 1. The number of ether oxygens (including phenoxy) is 1. The molecule has 4 heteroatoms. The lowest BCUT2D eigenvalue weighted by Gasteiger charge is -2.22. The van der Waals surface area contributed by atoms with Gasteiger partial charge >= 0.3 is 0 Å². The molecule has 4 nitrogen and oxygen atoms in total. The van der Waals surface area contributed by atoms with Crippen LogP contribution in [-0.2, 0) is 6.54 Å². The van der Waals surface area contributed by atoms with Crippen LogP contribution in [0.25, 0.3) is 0 Å². The van der Waals surface area contributed by atoms with Crippen molar-refractivity contribution in [3.63, 3.8) is 0 Å². The van der Waals surface area contributed by atoms with E-state index in [4.69, 9.17) is 4.74 Å². The van der Waals surface area contributed by atoms with E-state index in [-0.39, 0.29) is 0 Å². The van der Waals surface area contributed by atoms with E-state index in [0.717, 1.165) is 36.7 Å². The summed E-state index contributed by atoms with van der Waals surface area (Å²) in [6.45, 7) is 9.55. The van der Waals surface area contributed by atoms with E-state index in [2.05, 4.69) is 34.4 Å². The summed E-state index contributed by atoms with van der Waals surface area (Å²) in [5.41, 5.74) is 1.10. The first kappa shape index (κ1) is 17.8. The van der Waals surface area contributed by atoms with E-state index in [1.807, 2.05) is 31.3 Å². The van der Waals surface area contributed by atoms with Gasteiger partial charge in [-0.15, -0.1) is 6.58 Å². The SMILES string of the molecule is C=CCCCN(C)C(=NC)NCc1ccccc1OCC=C. The van der Waals surface area contributed by atoms with Crippen molar-refractivity contribution in [3.05, 3.63) is 55.1 Å². The van der Waals surface area contributed by atoms with Gasteiger partial charge in [0.05, 0.1) is 0 Å². The third kappa shape index (κ3) is 6.04. The van der Waals surface area contributed by atoms with Crippen molar-refractivity contribution in [2.24, 2.45) is 4.99 Å². The van der Waals surface area contributed by atoms with Gasteiger partial charge in [0.25, 0.3) is 0 Å². The zero-order valence-electron chi connectivity index (χ0n) is 13.7. The number of benzene rings is 1. The number of allylic oxidation sites excluding steroid dienone is 1. The largest absolute Gasteiger partial charge is 0.489 e. The van der Waals surface area contributed by atoms with Crippen LogP contribution in [0.15, 0.2) is 54.6 Å². The maximum Gasteiger partial charge on any atom is 0.193 e. The minimum atomic E-state index is 0.507. The van der Waals surface area contributed by atoms with Gasteiger partial charge in [0, 0.05) is 32.7 Å². The summed E-state index contributed by atoms with van der Waals surface area (Å²) >= 11 is 0. The first-order valence-electron chi connectivity index (χ1n) is 7.57. The molecule has 0 aromatic heterocycles. The highest BCUT2D eigenvalue weighted by atomic mass is 16.5. The molecule has 1 N–H and O–H groups in total. The molecule has 0 heterocycles. The van der Waals surface area contributed by atoms with Crippen LogP contribution in [-0.4, -0.2) is 38.1 Å². The molecule has 1 aromatic carbocycles. The van der Waals surface area contributed by atoms with Crippen LogP contribution < -0.4 is 10.1 Å². The molecule has 120 valence electrons. The van der Waals surface area contributed by atoms with Crippen LogP contribution >= 0.6 is 0 Å². The third-order valence-corrected chi connectivity index (χ3v) is 3.24. The zero-order chi connectivity index (χ0) is 16.2. The summed E-state index contributed by atoms with van der Waals surface area (Å²) in [4.78, 5) is 6.44. The van der Waals surface area contributed by atoms with Crippen LogP contribution in [0.4, 0.5) is 0 Å². The second-order valence-electron chi connectivity index (χ2n) is 4.96. The third-order valence-electron chi connectivity index (χ3n) is 3.24. The normalized spacial score (nSPS) is 10.9. The number of guanidine groups is 1. The van der Waals surface area contributed by atoms with Gasteiger partial charge in [-0.3, -0.25) is 4.99 Å². The van der Waals surface area contributed by atoms with Crippen LogP contribution in [0, 0.1) is 0 Å². The number of hydrogen-bond donors (Lipinski definition) is 1. The molecular formula is C18H27N3O. The Morgan fingerprint density at radius 2 is 2.09 bits per heavy atom. The molecule has 0 radical (unpaired) electrons. The second-order valence-corrected chi connectivity index (χ2v) is 4.96. The first-order chi connectivity index (χ1) is 10.7. The molecular weight excluding hydrogens is 274 g/mol. The number of nitrogens with one attached hydrogen (secondary N) is 1. The summed E-state index contributed by atoms with van der Waals surface area (Å²) in [6, 6.07) is 8.00. The first-order valence-corrected chi connectivity index (χ1v) is 7.57. The molecule has 1 aromatic rings. The molecule has 0 unspecified atom stereocenters. The van der Waals surface area contributed by atoms with Gasteiger partial charge in [0.1, 0.15) is 12.4 Å². The van der Waals surface area contributed by atoms with Crippen LogP contribution in [0.2, 0.25) is 0 Å². The van der Waals surface area contributed by atoms with Crippen molar-refractivity contribution >= 4 is 5.96 Å². The van der Waals surface area contributed by atoms with E-state index in [1.54, 1.807) is 13.1 Å². The number of para-hydroxylation sites is 1. The Morgan fingerprint density at radius 1 is 1.32 bits per heavy atom. The highest BCUT2D eigenvalue weighted by Crippen LogP contribution is 2.17. The van der Waals surface area contributed by atoms with Gasteiger partial charge in [-0.1, -0.05) is 36.9 Å².